The number of hydrogen-bond acceptors (Lipinski definition) is 5. The van der Waals surface area contributed by atoms with Crippen LogP contribution in [0.15, 0.2) is 48.5 Å². The molecule has 0 heterocycles. The maximum Gasteiger partial charge on any atom is 0.407 e. The van der Waals surface area contributed by atoms with E-state index < -0.39 is 36.0 Å². The van der Waals surface area contributed by atoms with E-state index in [1.165, 1.54) is 6.92 Å². The van der Waals surface area contributed by atoms with E-state index in [-0.39, 0.29) is 12.5 Å². The van der Waals surface area contributed by atoms with Crippen molar-refractivity contribution in [3.05, 3.63) is 59.7 Å². The van der Waals surface area contributed by atoms with Crippen LogP contribution in [-0.2, 0) is 19.2 Å². The molecule has 2 aromatic rings. The molecule has 0 spiro atoms. The number of carbonyl (C=O) groups excluding carboxylic acids is 2. The molecule has 8 heteroatoms. The summed E-state index contributed by atoms with van der Waals surface area (Å²) in [5, 5.41) is 11.7. The first-order valence-corrected chi connectivity index (χ1v) is 10.8. The van der Waals surface area contributed by atoms with E-state index in [9.17, 15) is 14.4 Å². The SMILES string of the molecule is CC(ONC(=O)[C@@H]1CCC[C@@H]1NC(=O)OCC1c2ccccc2-c2ccccc21)C(=O)O. The van der Waals surface area contributed by atoms with Crippen LogP contribution in [-0.4, -0.2) is 41.8 Å². The highest BCUT2D eigenvalue weighted by Gasteiger charge is 2.35. The quantitative estimate of drug-likeness (QED) is 0.572. The molecule has 1 fully saturated rings. The average Bonchev–Trinajstić information content (AvgIpc) is 3.38. The Balaban J connectivity index is 1.34. The van der Waals surface area contributed by atoms with Crippen LogP contribution >= 0.6 is 0 Å². The zero-order valence-corrected chi connectivity index (χ0v) is 17.7. The Labute approximate surface area is 185 Å². The van der Waals surface area contributed by atoms with Crippen LogP contribution in [0.3, 0.4) is 0 Å². The molecule has 168 valence electrons. The number of alkyl carbamates (subject to hydrolysis) is 1. The molecule has 0 saturated heterocycles. The van der Waals surface area contributed by atoms with Crippen LogP contribution in [0.25, 0.3) is 11.1 Å². The van der Waals surface area contributed by atoms with E-state index in [4.69, 9.17) is 14.7 Å². The van der Waals surface area contributed by atoms with Crippen molar-refractivity contribution in [2.75, 3.05) is 6.61 Å². The summed E-state index contributed by atoms with van der Waals surface area (Å²) in [6.45, 7) is 1.52. The topological polar surface area (TPSA) is 114 Å². The summed E-state index contributed by atoms with van der Waals surface area (Å²) < 4.78 is 5.57. The van der Waals surface area contributed by atoms with Crippen molar-refractivity contribution >= 4 is 18.0 Å². The second kappa shape index (κ2) is 9.40. The van der Waals surface area contributed by atoms with Gasteiger partial charge in [0.25, 0.3) is 0 Å². The molecule has 2 aliphatic carbocycles. The second-order valence-electron chi connectivity index (χ2n) is 8.18. The van der Waals surface area contributed by atoms with Gasteiger partial charge in [-0.15, -0.1) is 0 Å². The number of amides is 2. The van der Waals surface area contributed by atoms with E-state index in [2.05, 4.69) is 35.1 Å². The van der Waals surface area contributed by atoms with Gasteiger partial charge < -0.3 is 15.2 Å². The molecule has 4 rings (SSSR count). The monoisotopic (exact) mass is 438 g/mol. The minimum absolute atomic E-state index is 0.0401. The number of fused-ring (bicyclic) bond motifs is 3. The van der Waals surface area contributed by atoms with Crippen molar-refractivity contribution < 1.29 is 29.1 Å². The largest absolute Gasteiger partial charge is 0.479 e. The molecule has 1 unspecified atom stereocenters. The molecule has 0 aromatic heterocycles. The van der Waals surface area contributed by atoms with E-state index in [0.29, 0.717) is 12.8 Å². The van der Waals surface area contributed by atoms with Gasteiger partial charge in [-0.2, -0.15) is 0 Å². The smallest absolute Gasteiger partial charge is 0.407 e. The first-order valence-electron chi connectivity index (χ1n) is 10.8. The first-order chi connectivity index (χ1) is 15.5. The number of rotatable bonds is 7. The van der Waals surface area contributed by atoms with Gasteiger partial charge >= 0.3 is 12.1 Å². The van der Waals surface area contributed by atoms with Gasteiger partial charge in [0.2, 0.25) is 5.91 Å². The number of ether oxygens (including phenoxy) is 1. The Bertz CT molecular complexity index is 978. The number of aliphatic carboxylic acids is 1. The molecule has 2 amide bonds. The van der Waals surface area contributed by atoms with Crippen molar-refractivity contribution in [2.45, 2.75) is 44.2 Å². The third-order valence-corrected chi connectivity index (χ3v) is 6.18. The lowest BCUT2D eigenvalue weighted by Gasteiger charge is -2.21. The summed E-state index contributed by atoms with van der Waals surface area (Å²) in [6, 6.07) is 15.8. The average molecular weight is 438 g/mol. The molecule has 0 aliphatic heterocycles. The second-order valence-corrected chi connectivity index (χ2v) is 8.18. The fraction of sp³-hybridized carbons (Fsp3) is 0.375. The lowest BCUT2D eigenvalue weighted by Crippen LogP contribution is -2.45. The molecule has 2 aliphatic rings. The van der Waals surface area contributed by atoms with Crippen molar-refractivity contribution in [3.63, 3.8) is 0 Å². The van der Waals surface area contributed by atoms with Crippen LogP contribution in [0.2, 0.25) is 0 Å². The molecule has 2 aromatic carbocycles. The molecule has 8 nitrogen and oxygen atoms in total. The molecule has 0 bridgehead atoms. The number of carboxylic acid groups (broad SMARTS) is 1. The number of carbonyl (C=O) groups is 3. The van der Waals surface area contributed by atoms with Gasteiger partial charge in [0.15, 0.2) is 6.10 Å². The molecule has 32 heavy (non-hydrogen) atoms. The summed E-state index contributed by atoms with van der Waals surface area (Å²) >= 11 is 0. The zero-order valence-electron chi connectivity index (χ0n) is 17.7. The molecule has 3 N–H and O–H groups in total. The summed E-state index contributed by atoms with van der Waals surface area (Å²) in [5.41, 5.74) is 6.76. The molecule has 3 atom stereocenters. The Morgan fingerprint density at radius 3 is 2.28 bits per heavy atom. The minimum atomic E-state index is -1.18. The fourth-order valence-electron chi connectivity index (χ4n) is 4.51. The van der Waals surface area contributed by atoms with Gasteiger partial charge in [-0.3, -0.25) is 9.63 Å². The normalized spacial score (nSPS) is 20.2. The number of hydrogen-bond donors (Lipinski definition) is 3. The summed E-state index contributed by atoms with van der Waals surface area (Å²) in [7, 11) is 0. The lowest BCUT2D eigenvalue weighted by molar-refractivity contribution is -0.160. The van der Waals surface area contributed by atoms with E-state index in [0.717, 1.165) is 28.7 Å². The Morgan fingerprint density at radius 2 is 1.66 bits per heavy atom. The highest BCUT2D eigenvalue weighted by molar-refractivity contribution is 5.81. The van der Waals surface area contributed by atoms with Crippen molar-refractivity contribution in [1.82, 2.24) is 10.8 Å². The van der Waals surface area contributed by atoms with Gasteiger partial charge in [-0.05, 0) is 42.0 Å². The molecular weight excluding hydrogens is 412 g/mol. The first kappa shape index (κ1) is 21.8. The third-order valence-electron chi connectivity index (χ3n) is 6.18. The highest BCUT2D eigenvalue weighted by atomic mass is 16.7. The standard InChI is InChI=1S/C24H26N2O6/c1-14(23(28)29)32-26-22(27)19-11-6-12-21(19)25-24(30)31-13-20-17-9-4-2-7-15(17)16-8-3-5-10-18(16)20/h2-5,7-10,14,19-21H,6,11-13H2,1H3,(H,25,30)(H,26,27)(H,28,29)/t14?,19-,21+/m1/s1. The van der Waals surface area contributed by atoms with Gasteiger partial charge in [0.05, 0.1) is 5.92 Å². The summed E-state index contributed by atoms with van der Waals surface area (Å²) in [5.74, 6) is -2.16. The summed E-state index contributed by atoms with van der Waals surface area (Å²) in [4.78, 5) is 40.6. The Morgan fingerprint density at radius 1 is 1.03 bits per heavy atom. The van der Waals surface area contributed by atoms with Gasteiger partial charge in [0.1, 0.15) is 6.61 Å². The van der Waals surface area contributed by atoms with Crippen molar-refractivity contribution in [2.24, 2.45) is 5.92 Å². The van der Waals surface area contributed by atoms with Crippen LogP contribution in [0.4, 0.5) is 4.79 Å². The van der Waals surface area contributed by atoms with Gasteiger partial charge in [-0.25, -0.2) is 15.1 Å². The molecular formula is C24H26N2O6. The highest BCUT2D eigenvalue weighted by Crippen LogP contribution is 2.44. The number of hydroxylamine groups is 1. The fourth-order valence-corrected chi connectivity index (χ4v) is 4.51. The van der Waals surface area contributed by atoms with E-state index in [1.54, 1.807) is 0 Å². The number of nitrogens with one attached hydrogen (secondary N) is 2. The zero-order chi connectivity index (χ0) is 22.7. The van der Waals surface area contributed by atoms with E-state index in [1.807, 2.05) is 24.3 Å². The minimum Gasteiger partial charge on any atom is -0.479 e. The van der Waals surface area contributed by atoms with Gasteiger partial charge in [0, 0.05) is 12.0 Å². The van der Waals surface area contributed by atoms with Crippen molar-refractivity contribution in [1.29, 1.82) is 0 Å². The van der Waals surface area contributed by atoms with Crippen LogP contribution in [0.5, 0.6) is 0 Å². The summed E-state index contributed by atoms with van der Waals surface area (Å²) in [6.07, 6.45) is 0.244. The van der Waals surface area contributed by atoms with Crippen LogP contribution < -0.4 is 10.8 Å². The predicted octanol–water partition coefficient (Wildman–Crippen LogP) is 3.21. The molecule has 0 radical (unpaired) electrons. The predicted molar refractivity (Wildman–Crippen MR) is 116 cm³/mol. The lowest BCUT2D eigenvalue weighted by atomic mass is 9.98. The maximum atomic E-state index is 12.5. The van der Waals surface area contributed by atoms with Crippen LogP contribution in [0, 0.1) is 5.92 Å². The third kappa shape index (κ3) is 4.45. The maximum absolute atomic E-state index is 12.5. The van der Waals surface area contributed by atoms with Crippen LogP contribution in [0.1, 0.15) is 43.2 Å². The van der Waals surface area contributed by atoms with E-state index >= 15 is 0 Å². The number of carboxylic acids is 1. The molecule has 1 saturated carbocycles. The Hall–Kier alpha value is -3.39. The Kier molecular flexibility index (Phi) is 6.41. The van der Waals surface area contributed by atoms with Crippen molar-refractivity contribution in [3.8, 4) is 11.1 Å². The number of benzene rings is 2. The van der Waals surface area contributed by atoms with Gasteiger partial charge in [-0.1, -0.05) is 55.0 Å².